The predicted molar refractivity (Wildman–Crippen MR) is 95.2 cm³/mol. The van der Waals surface area contributed by atoms with Gasteiger partial charge >= 0.3 is 5.16 Å². The fraction of sp³-hybridized carbons (Fsp3) is 0.0714. The molecule has 0 bridgehead atoms. The van der Waals surface area contributed by atoms with Crippen LogP contribution in [0.15, 0.2) is 46.4 Å². The minimum atomic E-state index is -1.40. The summed E-state index contributed by atoms with van der Waals surface area (Å²) in [6, 6.07) is 5.37. The smallest absolute Gasteiger partial charge is 0.344 e. The van der Waals surface area contributed by atoms with Crippen LogP contribution in [0, 0.1) is 0 Å². The molecule has 3 N–H and O–H groups in total. The Kier molecular flexibility index (Phi) is 4.97. The Morgan fingerprint density at radius 3 is 2.68 bits per heavy atom. The Morgan fingerprint density at radius 1 is 1.32 bits per heavy atom. The molecule has 1 unspecified atom stereocenters. The number of rotatable bonds is 5. The maximum Gasteiger partial charge on any atom is 0.344 e. The molecule has 9 nitrogen and oxygen atoms in total. The number of aromatic nitrogens is 5. The fourth-order valence-corrected chi connectivity index (χ4v) is 2.93. The van der Waals surface area contributed by atoms with Gasteiger partial charge in [0, 0.05) is 21.3 Å². The van der Waals surface area contributed by atoms with Gasteiger partial charge < -0.3 is 15.6 Å². The molecule has 0 fully saturated rings. The number of nitrogens with two attached hydrogens (primary N) is 1. The summed E-state index contributed by atoms with van der Waals surface area (Å²) in [5, 5.41) is 11.3. The van der Waals surface area contributed by atoms with E-state index in [1.165, 1.54) is 17.2 Å². The predicted octanol–water partition coefficient (Wildman–Crippen LogP) is 1.40. The number of nitrogens with zero attached hydrogens (tertiary/aromatic N) is 5. The van der Waals surface area contributed by atoms with E-state index in [2.05, 4.69) is 41.4 Å². The highest BCUT2D eigenvalue weighted by molar-refractivity contribution is 9.10. The monoisotopic (exact) mass is 421 g/mol. The van der Waals surface area contributed by atoms with Crippen LogP contribution >= 0.6 is 15.9 Å². The average Bonchev–Trinajstić information content (AvgIpc) is 3.08. The van der Waals surface area contributed by atoms with Crippen molar-refractivity contribution in [2.45, 2.75) is 5.16 Å². The number of halogens is 1. The van der Waals surface area contributed by atoms with Crippen LogP contribution < -0.4 is 11.1 Å². The number of hydrogen-bond donors (Lipinski definition) is 2. The average molecular weight is 422 g/mol. The standard InChI is InChI=1S/C14H12BrN7O2S/c1-25(24)14-17-7-11(12(16)23)13(21-14)20-9-4-8(15)5-10(6-9)22-18-2-3-19-22/h2-7H,1H3,(H2,16,23)(H,17,20,21). The van der Waals surface area contributed by atoms with Gasteiger partial charge in [-0.25, -0.2) is 0 Å². The molecule has 128 valence electrons. The zero-order valence-electron chi connectivity index (χ0n) is 12.9. The number of hydrogen-bond acceptors (Lipinski definition) is 7. The molecule has 2 heterocycles. The summed E-state index contributed by atoms with van der Waals surface area (Å²) in [5.74, 6) is -0.523. The normalized spacial score (nSPS) is 12.0. The number of amides is 1. The fourth-order valence-electron chi connectivity index (χ4n) is 2.03. The maximum atomic E-state index is 11.6. The number of nitrogens with one attached hydrogen (secondary N) is 1. The zero-order valence-corrected chi connectivity index (χ0v) is 15.3. The molecular formula is C14H12BrN7O2S. The molecule has 0 aliphatic rings. The molecule has 2 aromatic heterocycles. The van der Waals surface area contributed by atoms with E-state index in [0.717, 1.165) is 4.47 Å². The number of primary amides is 1. The van der Waals surface area contributed by atoms with Crippen molar-refractivity contribution in [3.8, 4) is 5.69 Å². The van der Waals surface area contributed by atoms with Crippen molar-refractivity contribution >= 4 is 44.5 Å². The second-order valence-corrected chi connectivity index (χ2v) is 7.06. The number of carbonyl (C=O) groups is 1. The van der Waals surface area contributed by atoms with Crippen LogP contribution in [-0.4, -0.2) is 41.7 Å². The third-order valence-corrected chi connectivity index (χ3v) is 4.25. The highest BCUT2D eigenvalue weighted by atomic mass is 79.9. The van der Waals surface area contributed by atoms with Crippen LogP contribution in [-0.2, 0) is 11.2 Å². The van der Waals surface area contributed by atoms with Gasteiger partial charge in [-0.05, 0) is 18.2 Å². The van der Waals surface area contributed by atoms with Crippen LogP contribution in [0.5, 0.6) is 0 Å². The third kappa shape index (κ3) is 3.95. The largest absolute Gasteiger partial charge is 0.609 e. The van der Waals surface area contributed by atoms with E-state index in [4.69, 9.17) is 5.73 Å². The van der Waals surface area contributed by atoms with E-state index < -0.39 is 17.1 Å². The van der Waals surface area contributed by atoms with Crippen LogP contribution in [0.25, 0.3) is 5.69 Å². The summed E-state index contributed by atoms with van der Waals surface area (Å²) in [6.45, 7) is 0. The van der Waals surface area contributed by atoms with E-state index >= 15 is 0 Å². The first-order valence-electron chi connectivity index (χ1n) is 6.88. The second kappa shape index (κ2) is 7.17. The van der Waals surface area contributed by atoms with Crippen molar-refractivity contribution in [1.29, 1.82) is 0 Å². The van der Waals surface area contributed by atoms with Gasteiger partial charge in [-0.2, -0.15) is 25.0 Å². The highest BCUT2D eigenvalue weighted by Gasteiger charge is 2.17. The van der Waals surface area contributed by atoms with E-state index in [0.29, 0.717) is 11.4 Å². The van der Waals surface area contributed by atoms with Gasteiger partial charge in [0.05, 0.1) is 24.3 Å². The topological polar surface area (TPSA) is 135 Å². The van der Waals surface area contributed by atoms with Crippen molar-refractivity contribution < 1.29 is 9.35 Å². The molecule has 0 radical (unpaired) electrons. The van der Waals surface area contributed by atoms with Crippen molar-refractivity contribution in [3.63, 3.8) is 0 Å². The summed E-state index contributed by atoms with van der Waals surface area (Å²) < 4.78 is 12.4. The molecule has 1 aromatic carbocycles. The van der Waals surface area contributed by atoms with Crippen LogP contribution in [0.2, 0.25) is 0 Å². The highest BCUT2D eigenvalue weighted by Crippen LogP contribution is 2.25. The minimum absolute atomic E-state index is 0.0907. The van der Waals surface area contributed by atoms with Crippen LogP contribution in [0.4, 0.5) is 11.5 Å². The van der Waals surface area contributed by atoms with Crippen molar-refractivity contribution in [2.75, 3.05) is 11.6 Å². The van der Waals surface area contributed by atoms with Crippen LogP contribution in [0.1, 0.15) is 10.4 Å². The van der Waals surface area contributed by atoms with Gasteiger partial charge in [0.25, 0.3) is 5.91 Å². The molecule has 3 aromatic rings. The summed E-state index contributed by atoms with van der Waals surface area (Å²) in [7, 11) is 0. The molecule has 0 aliphatic carbocycles. The first-order valence-corrected chi connectivity index (χ1v) is 9.23. The first kappa shape index (κ1) is 17.3. The Bertz CT molecular complexity index is 918. The number of carbonyl (C=O) groups excluding carboxylic acids is 1. The minimum Gasteiger partial charge on any atom is -0.609 e. The first-order chi connectivity index (χ1) is 11.9. The molecule has 1 atom stereocenters. The van der Waals surface area contributed by atoms with Crippen molar-refractivity contribution in [2.24, 2.45) is 5.73 Å². The third-order valence-electron chi connectivity index (χ3n) is 3.08. The Hall–Kier alpha value is -2.50. The Labute approximate surface area is 154 Å². The molecular weight excluding hydrogens is 410 g/mol. The van der Waals surface area contributed by atoms with E-state index in [-0.39, 0.29) is 16.5 Å². The number of benzene rings is 1. The van der Waals surface area contributed by atoms with Crippen molar-refractivity contribution in [1.82, 2.24) is 25.0 Å². The van der Waals surface area contributed by atoms with Gasteiger partial charge in [-0.1, -0.05) is 15.9 Å². The summed E-state index contributed by atoms with van der Waals surface area (Å²) in [6.07, 6.45) is 5.82. The molecule has 3 rings (SSSR count). The van der Waals surface area contributed by atoms with E-state index in [1.54, 1.807) is 24.5 Å². The van der Waals surface area contributed by atoms with E-state index in [9.17, 15) is 9.35 Å². The molecule has 25 heavy (non-hydrogen) atoms. The Balaban J connectivity index is 2.02. The summed E-state index contributed by atoms with van der Waals surface area (Å²) >= 11 is 2.02. The van der Waals surface area contributed by atoms with Crippen LogP contribution in [0.3, 0.4) is 0 Å². The molecule has 0 aliphatic heterocycles. The zero-order chi connectivity index (χ0) is 18.0. The molecule has 1 amide bonds. The molecule has 0 saturated carbocycles. The summed E-state index contributed by atoms with van der Waals surface area (Å²) in [5.41, 5.74) is 6.75. The SMILES string of the molecule is C[S+]([O-])c1ncc(C(N)=O)c(Nc2cc(Br)cc(-n3nccn3)c2)n1. The van der Waals surface area contributed by atoms with Gasteiger partial charge in [0.2, 0.25) is 0 Å². The van der Waals surface area contributed by atoms with Gasteiger partial charge in [-0.3, -0.25) is 4.79 Å². The van der Waals surface area contributed by atoms with Crippen molar-refractivity contribution in [3.05, 3.63) is 46.8 Å². The lowest BCUT2D eigenvalue weighted by Gasteiger charge is -2.12. The van der Waals surface area contributed by atoms with Gasteiger partial charge in [-0.15, -0.1) is 0 Å². The Morgan fingerprint density at radius 2 is 2.04 bits per heavy atom. The molecule has 11 heteroatoms. The molecule has 0 saturated heterocycles. The molecule has 0 spiro atoms. The van der Waals surface area contributed by atoms with Gasteiger partial charge in [0.1, 0.15) is 11.8 Å². The lowest BCUT2D eigenvalue weighted by molar-refractivity contribution is 0.1000. The second-order valence-electron chi connectivity index (χ2n) is 4.87. The van der Waals surface area contributed by atoms with Gasteiger partial charge in [0.15, 0.2) is 5.82 Å². The lowest BCUT2D eigenvalue weighted by Crippen LogP contribution is -2.17. The summed E-state index contributed by atoms with van der Waals surface area (Å²) in [4.78, 5) is 21.1. The quantitative estimate of drug-likeness (QED) is 0.469. The lowest BCUT2D eigenvalue weighted by atomic mass is 10.2. The number of anilines is 2. The maximum absolute atomic E-state index is 11.6. The van der Waals surface area contributed by atoms with E-state index in [1.807, 2.05) is 6.07 Å².